The van der Waals surface area contributed by atoms with Gasteiger partial charge in [0.25, 0.3) is 0 Å². The van der Waals surface area contributed by atoms with Crippen molar-refractivity contribution in [1.82, 2.24) is 10.0 Å². The molecule has 0 saturated carbocycles. The fraction of sp³-hybridized carbons (Fsp3) is 0.316. The Hall–Kier alpha value is -1.94. The maximum atomic E-state index is 12.3. The third-order valence-electron chi connectivity index (χ3n) is 3.85. The van der Waals surface area contributed by atoms with Crippen molar-refractivity contribution in [3.63, 3.8) is 0 Å². The molecule has 2 aromatic carbocycles. The molecule has 0 spiro atoms. The number of benzene rings is 2. The highest BCUT2D eigenvalue weighted by atomic mass is 35.5. The first-order valence-corrected chi connectivity index (χ1v) is 12.5. The molecule has 0 aliphatic heterocycles. The molecule has 0 aromatic heterocycles. The number of carbonyl (C=O) groups excluding carboxylic acids is 1. The maximum absolute atomic E-state index is 12.3. The van der Waals surface area contributed by atoms with Crippen molar-refractivity contribution in [2.24, 2.45) is 0 Å². The van der Waals surface area contributed by atoms with E-state index in [4.69, 9.17) is 11.6 Å². The number of carbonyl (C=O) groups is 1. The van der Waals surface area contributed by atoms with E-state index in [2.05, 4.69) is 10.0 Å². The second-order valence-electron chi connectivity index (χ2n) is 6.79. The number of amides is 1. The molecule has 0 radical (unpaired) electrons. The minimum atomic E-state index is -3.81. The molecule has 0 bridgehead atoms. The number of sulfonamides is 1. The Labute approximate surface area is 176 Å². The van der Waals surface area contributed by atoms with Gasteiger partial charge in [0.05, 0.1) is 10.6 Å². The topological polar surface area (TPSA) is 109 Å². The number of nitrogens with one attached hydrogen (secondary N) is 2. The summed E-state index contributed by atoms with van der Waals surface area (Å²) in [4.78, 5) is 12.2. The number of hydrogen-bond acceptors (Lipinski definition) is 5. The lowest BCUT2D eigenvalue weighted by Gasteiger charge is -2.13. The van der Waals surface area contributed by atoms with Crippen LogP contribution in [0.1, 0.15) is 25.0 Å². The molecule has 10 heteroatoms. The molecule has 0 atom stereocenters. The third kappa shape index (κ3) is 7.43. The summed E-state index contributed by atoms with van der Waals surface area (Å²) in [5.74, 6) is -1.64. The Balaban J connectivity index is 2.04. The average molecular weight is 459 g/mol. The fourth-order valence-corrected chi connectivity index (χ4v) is 5.40. The molecule has 7 nitrogen and oxygen atoms in total. The summed E-state index contributed by atoms with van der Waals surface area (Å²) in [6.45, 7) is 3.47. The van der Waals surface area contributed by atoms with E-state index in [1.54, 1.807) is 38.1 Å². The van der Waals surface area contributed by atoms with Gasteiger partial charge in [0.15, 0.2) is 9.84 Å². The summed E-state index contributed by atoms with van der Waals surface area (Å²) in [7, 11) is -7.34. The third-order valence-corrected chi connectivity index (χ3v) is 7.26. The van der Waals surface area contributed by atoms with Crippen LogP contribution in [0.4, 0.5) is 0 Å². The molecule has 2 rings (SSSR count). The first-order valence-electron chi connectivity index (χ1n) is 8.80. The normalized spacial score (nSPS) is 12.1. The van der Waals surface area contributed by atoms with Gasteiger partial charge in [0.2, 0.25) is 15.9 Å². The largest absolute Gasteiger partial charge is 0.351 e. The van der Waals surface area contributed by atoms with Gasteiger partial charge in [0, 0.05) is 17.6 Å². The molecule has 0 saturated heterocycles. The van der Waals surface area contributed by atoms with E-state index in [0.29, 0.717) is 16.1 Å². The molecule has 158 valence electrons. The maximum Gasteiger partial charge on any atom is 0.235 e. The van der Waals surface area contributed by atoms with E-state index in [1.165, 1.54) is 24.3 Å². The van der Waals surface area contributed by atoms with Crippen molar-refractivity contribution in [2.45, 2.75) is 37.1 Å². The summed E-state index contributed by atoms with van der Waals surface area (Å²) in [6.07, 6.45) is 0. The van der Waals surface area contributed by atoms with E-state index >= 15 is 0 Å². The zero-order valence-electron chi connectivity index (χ0n) is 16.1. The Morgan fingerprint density at radius 3 is 2.14 bits per heavy atom. The first kappa shape index (κ1) is 23.3. The van der Waals surface area contributed by atoms with Gasteiger partial charge in [-0.3, -0.25) is 4.79 Å². The van der Waals surface area contributed by atoms with Crippen LogP contribution in [0.2, 0.25) is 5.02 Å². The predicted octanol–water partition coefficient (Wildman–Crippen LogP) is 2.26. The van der Waals surface area contributed by atoms with Gasteiger partial charge in [-0.05, 0) is 49.2 Å². The van der Waals surface area contributed by atoms with Crippen LogP contribution in [0.25, 0.3) is 0 Å². The monoisotopic (exact) mass is 458 g/mol. The van der Waals surface area contributed by atoms with E-state index in [0.717, 1.165) is 0 Å². The van der Waals surface area contributed by atoms with E-state index in [9.17, 15) is 21.6 Å². The van der Waals surface area contributed by atoms with Crippen LogP contribution in [0.3, 0.4) is 0 Å². The smallest absolute Gasteiger partial charge is 0.235 e. The van der Waals surface area contributed by atoms with Crippen LogP contribution >= 0.6 is 11.6 Å². The molecule has 0 unspecified atom stereocenters. The van der Waals surface area contributed by atoms with Crippen molar-refractivity contribution in [3.05, 3.63) is 64.7 Å². The molecular weight excluding hydrogens is 436 g/mol. The molecule has 2 aromatic rings. The minimum Gasteiger partial charge on any atom is -0.351 e. The van der Waals surface area contributed by atoms with Crippen LogP contribution in [-0.2, 0) is 37.0 Å². The molecule has 0 heterocycles. The van der Waals surface area contributed by atoms with Crippen molar-refractivity contribution in [2.75, 3.05) is 5.75 Å². The van der Waals surface area contributed by atoms with E-state index < -0.39 is 31.5 Å². The SMILES string of the molecule is CC(C)NS(=O)(=O)Cc1ccccc1CNC(=O)CS(=O)(=O)c1ccc(Cl)cc1. The number of halogens is 1. The van der Waals surface area contributed by atoms with Crippen LogP contribution in [0.15, 0.2) is 53.4 Å². The van der Waals surface area contributed by atoms with Gasteiger partial charge >= 0.3 is 0 Å². The summed E-state index contributed by atoms with van der Waals surface area (Å²) in [5.41, 5.74) is 1.13. The summed E-state index contributed by atoms with van der Waals surface area (Å²) < 4.78 is 51.5. The highest BCUT2D eigenvalue weighted by Gasteiger charge is 2.20. The fourth-order valence-electron chi connectivity index (χ4n) is 2.62. The Morgan fingerprint density at radius 2 is 1.55 bits per heavy atom. The predicted molar refractivity (Wildman–Crippen MR) is 113 cm³/mol. The number of hydrogen-bond donors (Lipinski definition) is 2. The zero-order chi connectivity index (χ0) is 21.7. The number of rotatable bonds is 9. The molecule has 0 aliphatic carbocycles. The van der Waals surface area contributed by atoms with Crippen molar-refractivity contribution >= 4 is 37.4 Å². The summed E-state index contributed by atoms with van der Waals surface area (Å²) in [6, 6.07) is 12.1. The molecule has 0 fully saturated rings. The summed E-state index contributed by atoms with van der Waals surface area (Å²) >= 11 is 5.75. The molecule has 1 amide bonds. The number of sulfone groups is 1. The van der Waals surface area contributed by atoms with Crippen molar-refractivity contribution in [3.8, 4) is 0 Å². The van der Waals surface area contributed by atoms with E-state index in [1.807, 2.05) is 0 Å². The Morgan fingerprint density at radius 1 is 0.966 bits per heavy atom. The van der Waals surface area contributed by atoms with Crippen molar-refractivity contribution in [1.29, 1.82) is 0 Å². The second kappa shape index (κ2) is 9.71. The van der Waals surface area contributed by atoms with Gasteiger partial charge in [-0.15, -0.1) is 0 Å². The Bertz CT molecular complexity index is 1070. The quantitative estimate of drug-likeness (QED) is 0.599. The van der Waals surface area contributed by atoms with Gasteiger partial charge < -0.3 is 5.32 Å². The highest BCUT2D eigenvalue weighted by Crippen LogP contribution is 2.16. The van der Waals surface area contributed by atoms with Crippen molar-refractivity contribution < 1.29 is 21.6 Å². The van der Waals surface area contributed by atoms with E-state index in [-0.39, 0.29) is 23.2 Å². The van der Waals surface area contributed by atoms with Gasteiger partial charge in [-0.2, -0.15) is 0 Å². The van der Waals surface area contributed by atoms with Gasteiger partial charge in [0.1, 0.15) is 5.75 Å². The van der Waals surface area contributed by atoms with Crippen LogP contribution < -0.4 is 10.0 Å². The lowest BCUT2D eigenvalue weighted by atomic mass is 10.1. The van der Waals surface area contributed by atoms with Crippen LogP contribution in [-0.4, -0.2) is 34.5 Å². The van der Waals surface area contributed by atoms with Gasteiger partial charge in [-0.25, -0.2) is 21.6 Å². The van der Waals surface area contributed by atoms with Crippen LogP contribution in [0.5, 0.6) is 0 Å². The molecule has 0 aliphatic rings. The Kier molecular flexibility index (Phi) is 7.81. The molecular formula is C19H23ClN2O5S2. The standard InChI is InChI=1S/C19H23ClN2O5S2/c1-14(2)22-29(26,27)12-16-6-4-3-5-15(16)11-21-19(23)13-28(24,25)18-9-7-17(20)8-10-18/h3-10,14,22H,11-13H2,1-2H3,(H,21,23). The minimum absolute atomic E-state index is 0.00306. The lowest BCUT2D eigenvalue weighted by Crippen LogP contribution is -2.32. The summed E-state index contributed by atoms with van der Waals surface area (Å²) in [5, 5.41) is 2.94. The van der Waals surface area contributed by atoms with Crippen LogP contribution in [0, 0.1) is 0 Å². The second-order valence-corrected chi connectivity index (χ2v) is 11.0. The zero-order valence-corrected chi connectivity index (χ0v) is 18.4. The van der Waals surface area contributed by atoms with Gasteiger partial charge in [-0.1, -0.05) is 35.9 Å². The first-order chi connectivity index (χ1) is 13.5. The average Bonchev–Trinajstić information content (AvgIpc) is 2.59. The molecule has 29 heavy (non-hydrogen) atoms. The molecule has 2 N–H and O–H groups in total. The lowest BCUT2D eigenvalue weighted by molar-refractivity contribution is -0.118. The highest BCUT2D eigenvalue weighted by molar-refractivity contribution is 7.92.